The minimum absolute atomic E-state index is 0.0370. The Balaban J connectivity index is 1.91. The second-order valence-electron chi connectivity index (χ2n) is 8.00. The van der Waals surface area contributed by atoms with Crippen LogP contribution in [0.15, 0.2) is 24.3 Å². The number of rotatable bonds is 7. The zero-order valence-corrected chi connectivity index (χ0v) is 17.3. The number of ether oxygens (including phenoxy) is 1. The fraction of sp³-hybridized carbons (Fsp3) is 0.591. The molecule has 0 aromatic heterocycles. The van der Waals surface area contributed by atoms with Crippen molar-refractivity contribution in [3.63, 3.8) is 0 Å². The van der Waals surface area contributed by atoms with E-state index in [9.17, 15) is 14.4 Å². The van der Waals surface area contributed by atoms with Crippen molar-refractivity contribution in [3.8, 4) is 0 Å². The first-order valence-corrected chi connectivity index (χ1v) is 10.2. The summed E-state index contributed by atoms with van der Waals surface area (Å²) in [5.74, 6) is -1.24. The molecule has 6 heteroatoms. The smallest absolute Gasteiger partial charge is 0.329 e. The van der Waals surface area contributed by atoms with Crippen LogP contribution in [0.4, 0.5) is 5.69 Å². The zero-order valence-electron chi connectivity index (χ0n) is 17.3. The van der Waals surface area contributed by atoms with Crippen LogP contribution in [0, 0.1) is 18.8 Å². The maximum absolute atomic E-state index is 12.6. The molecule has 1 aliphatic carbocycles. The maximum Gasteiger partial charge on any atom is 0.329 e. The predicted molar refractivity (Wildman–Crippen MR) is 109 cm³/mol. The van der Waals surface area contributed by atoms with E-state index in [0.29, 0.717) is 5.69 Å². The van der Waals surface area contributed by atoms with Crippen LogP contribution < -0.4 is 10.6 Å². The molecular weight excluding hydrogens is 356 g/mol. The number of aryl methyl sites for hydroxylation is 1. The van der Waals surface area contributed by atoms with E-state index in [1.165, 1.54) is 6.92 Å². The number of amides is 2. The van der Waals surface area contributed by atoms with E-state index in [2.05, 4.69) is 10.6 Å². The van der Waals surface area contributed by atoms with Gasteiger partial charge in [0.2, 0.25) is 5.91 Å². The van der Waals surface area contributed by atoms with E-state index in [4.69, 9.17) is 4.74 Å². The Hall–Kier alpha value is -2.37. The molecule has 1 aromatic rings. The second-order valence-corrected chi connectivity index (χ2v) is 8.00. The summed E-state index contributed by atoms with van der Waals surface area (Å²) in [7, 11) is 0. The van der Waals surface area contributed by atoms with Crippen molar-refractivity contribution >= 4 is 23.5 Å². The van der Waals surface area contributed by atoms with Crippen molar-refractivity contribution in [2.75, 3.05) is 5.32 Å². The number of benzene rings is 1. The van der Waals surface area contributed by atoms with E-state index in [1.807, 2.05) is 32.9 Å². The van der Waals surface area contributed by atoms with Crippen LogP contribution in [-0.4, -0.2) is 29.9 Å². The third-order valence-corrected chi connectivity index (χ3v) is 5.18. The van der Waals surface area contributed by atoms with Gasteiger partial charge in [0.05, 0.1) is 0 Å². The minimum atomic E-state index is -0.957. The molecule has 0 heterocycles. The topological polar surface area (TPSA) is 84.5 Å². The van der Waals surface area contributed by atoms with Gasteiger partial charge in [0.1, 0.15) is 6.04 Å². The van der Waals surface area contributed by atoms with Crippen molar-refractivity contribution in [2.24, 2.45) is 11.8 Å². The van der Waals surface area contributed by atoms with Crippen LogP contribution in [0.3, 0.4) is 0 Å². The molecular formula is C22H32N2O4. The Morgan fingerprint density at radius 1 is 1.00 bits per heavy atom. The predicted octanol–water partition coefficient (Wildman–Crippen LogP) is 3.59. The van der Waals surface area contributed by atoms with Crippen molar-refractivity contribution in [1.82, 2.24) is 5.32 Å². The van der Waals surface area contributed by atoms with Crippen LogP contribution in [0.2, 0.25) is 0 Å². The van der Waals surface area contributed by atoms with Crippen molar-refractivity contribution in [1.29, 1.82) is 0 Å². The molecule has 1 aliphatic rings. The average Bonchev–Trinajstić information content (AvgIpc) is 2.67. The highest BCUT2D eigenvalue weighted by molar-refractivity contribution is 5.95. The molecule has 0 spiro atoms. The molecule has 1 aromatic carbocycles. The van der Waals surface area contributed by atoms with Gasteiger partial charge < -0.3 is 15.4 Å². The number of esters is 1. The zero-order chi connectivity index (χ0) is 20.7. The first-order valence-electron chi connectivity index (χ1n) is 10.2. The molecule has 1 fully saturated rings. The number of anilines is 1. The molecule has 0 unspecified atom stereocenters. The van der Waals surface area contributed by atoms with E-state index in [0.717, 1.165) is 37.7 Å². The van der Waals surface area contributed by atoms with Crippen LogP contribution in [0.25, 0.3) is 0 Å². The van der Waals surface area contributed by atoms with Gasteiger partial charge in [-0.05, 0) is 44.7 Å². The maximum atomic E-state index is 12.6. The van der Waals surface area contributed by atoms with Gasteiger partial charge in [-0.15, -0.1) is 0 Å². The third-order valence-electron chi connectivity index (χ3n) is 5.18. The molecule has 0 aliphatic heterocycles. The Labute approximate surface area is 167 Å². The molecule has 2 atom stereocenters. The lowest BCUT2D eigenvalue weighted by Gasteiger charge is -2.26. The summed E-state index contributed by atoms with van der Waals surface area (Å²) in [4.78, 5) is 37.4. The minimum Gasteiger partial charge on any atom is -0.451 e. The molecule has 0 saturated heterocycles. The molecule has 1 saturated carbocycles. The summed E-state index contributed by atoms with van der Waals surface area (Å²) >= 11 is 0. The number of hydrogen-bond acceptors (Lipinski definition) is 4. The van der Waals surface area contributed by atoms with E-state index in [1.54, 1.807) is 12.1 Å². The Bertz CT molecular complexity index is 678. The van der Waals surface area contributed by atoms with Crippen LogP contribution in [0.1, 0.15) is 58.4 Å². The third kappa shape index (κ3) is 6.36. The Morgan fingerprint density at radius 3 is 2.18 bits per heavy atom. The Kier molecular flexibility index (Phi) is 8.03. The fourth-order valence-electron chi connectivity index (χ4n) is 3.32. The lowest BCUT2D eigenvalue weighted by atomic mass is 9.88. The van der Waals surface area contributed by atoms with Gasteiger partial charge in [-0.3, -0.25) is 9.59 Å². The van der Waals surface area contributed by atoms with Gasteiger partial charge in [0, 0.05) is 11.6 Å². The molecule has 0 radical (unpaired) electrons. The lowest BCUT2D eigenvalue weighted by molar-refractivity contribution is -0.157. The normalized spacial score (nSPS) is 16.9. The highest BCUT2D eigenvalue weighted by Crippen LogP contribution is 2.24. The van der Waals surface area contributed by atoms with Gasteiger partial charge in [0.25, 0.3) is 5.91 Å². The monoisotopic (exact) mass is 388 g/mol. The van der Waals surface area contributed by atoms with Gasteiger partial charge in [-0.25, -0.2) is 4.79 Å². The SMILES string of the molecule is Cc1ccc(NC(=O)[C@H](C)OC(=O)[C@H](NC(=O)C2CCCCC2)C(C)C)cc1. The first-order chi connectivity index (χ1) is 13.3. The standard InChI is InChI=1S/C22H32N2O4/c1-14(2)19(24-21(26)17-8-6-5-7-9-17)22(27)28-16(4)20(25)23-18-12-10-15(3)11-13-18/h10-14,16-17,19H,5-9H2,1-4H3,(H,23,25)(H,24,26)/t16-,19+/m0/s1. The molecule has 2 rings (SSSR count). The summed E-state index contributed by atoms with van der Waals surface area (Å²) < 4.78 is 5.35. The number of carbonyl (C=O) groups excluding carboxylic acids is 3. The lowest BCUT2D eigenvalue weighted by Crippen LogP contribution is -2.49. The molecule has 6 nitrogen and oxygen atoms in total. The number of hydrogen-bond donors (Lipinski definition) is 2. The highest BCUT2D eigenvalue weighted by atomic mass is 16.5. The average molecular weight is 389 g/mol. The van der Waals surface area contributed by atoms with Crippen LogP contribution >= 0.6 is 0 Å². The van der Waals surface area contributed by atoms with E-state index >= 15 is 0 Å². The van der Waals surface area contributed by atoms with Crippen molar-refractivity contribution in [3.05, 3.63) is 29.8 Å². The molecule has 2 N–H and O–H groups in total. The van der Waals surface area contributed by atoms with Gasteiger partial charge >= 0.3 is 5.97 Å². The molecule has 0 bridgehead atoms. The summed E-state index contributed by atoms with van der Waals surface area (Å²) in [5.41, 5.74) is 1.73. The second kappa shape index (κ2) is 10.2. The van der Waals surface area contributed by atoms with Gasteiger partial charge in [0.15, 0.2) is 6.10 Å². The molecule has 154 valence electrons. The van der Waals surface area contributed by atoms with Crippen molar-refractivity contribution in [2.45, 2.75) is 71.9 Å². The summed E-state index contributed by atoms with van der Waals surface area (Å²) in [6.45, 7) is 7.19. The highest BCUT2D eigenvalue weighted by Gasteiger charge is 2.31. The Morgan fingerprint density at radius 2 is 1.61 bits per heavy atom. The quantitative estimate of drug-likeness (QED) is 0.699. The van der Waals surface area contributed by atoms with Gasteiger partial charge in [-0.2, -0.15) is 0 Å². The fourth-order valence-corrected chi connectivity index (χ4v) is 3.32. The summed E-state index contributed by atoms with van der Waals surface area (Å²) in [6.07, 6.45) is 4.02. The summed E-state index contributed by atoms with van der Waals surface area (Å²) in [6, 6.07) is 6.61. The van der Waals surface area contributed by atoms with E-state index in [-0.39, 0.29) is 17.7 Å². The van der Waals surface area contributed by atoms with Crippen LogP contribution in [0.5, 0.6) is 0 Å². The van der Waals surface area contributed by atoms with E-state index < -0.39 is 24.0 Å². The molecule has 2 amide bonds. The summed E-state index contributed by atoms with van der Waals surface area (Å²) in [5, 5.41) is 5.57. The van der Waals surface area contributed by atoms with Crippen molar-refractivity contribution < 1.29 is 19.1 Å². The van der Waals surface area contributed by atoms with Gasteiger partial charge in [-0.1, -0.05) is 50.8 Å². The molecule has 28 heavy (non-hydrogen) atoms. The first kappa shape index (κ1) is 21.9. The number of nitrogens with one attached hydrogen (secondary N) is 2. The van der Waals surface area contributed by atoms with Crippen LogP contribution in [-0.2, 0) is 19.1 Å². The largest absolute Gasteiger partial charge is 0.451 e. The number of carbonyl (C=O) groups is 3.